The second-order valence-corrected chi connectivity index (χ2v) is 9.76. The molecule has 4 rings (SSSR count). The van der Waals surface area contributed by atoms with Crippen molar-refractivity contribution >= 4 is 22.4 Å². The van der Waals surface area contributed by atoms with Gasteiger partial charge in [0.25, 0.3) is 0 Å². The quantitative estimate of drug-likeness (QED) is 0.381. The number of rotatable bonds is 8. The van der Waals surface area contributed by atoms with Crippen molar-refractivity contribution in [1.29, 1.82) is 0 Å². The van der Waals surface area contributed by atoms with Gasteiger partial charge in [0.15, 0.2) is 5.13 Å². The smallest absolute Gasteiger partial charge is 0.226 e. The normalized spacial score (nSPS) is 13.1. The molecule has 1 aromatic heterocycles. The number of benzene rings is 2. The molecule has 0 radical (unpaired) electrons. The van der Waals surface area contributed by atoms with E-state index in [0.29, 0.717) is 30.5 Å². The largest absolute Gasteiger partial charge is 0.494 e. The summed E-state index contributed by atoms with van der Waals surface area (Å²) in [6, 6.07) is 12.9. The zero-order valence-corrected chi connectivity index (χ0v) is 20.1. The van der Waals surface area contributed by atoms with Gasteiger partial charge in [0, 0.05) is 17.4 Å². The van der Waals surface area contributed by atoms with Crippen molar-refractivity contribution in [2.45, 2.75) is 65.2 Å². The van der Waals surface area contributed by atoms with Crippen LogP contribution in [0, 0.1) is 6.92 Å². The number of amides is 1. The molecule has 0 spiro atoms. The first-order valence-electron chi connectivity index (χ1n) is 11.6. The van der Waals surface area contributed by atoms with Crippen LogP contribution in [0.4, 0.5) is 5.13 Å². The average molecular weight is 449 g/mol. The monoisotopic (exact) mass is 448 g/mol. The van der Waals surface area contributed by atoms with Crippen LogP contribution in [0.3, 0.4) is 0 Å². The Morgan fingerprint density at radius 1 is 1.12 bits per heavy atom. The Bertz CT molecular complexity index is 1090. The van der Waals surface area contributed by atoms with Crippen LogP contribution in [0.5, 0.6) is 5.75 Å². The molecule has 0 aliphatic heterocycles. The van der Waals surface area contributed by atoms with Crippen LogP contribution in [0.1, 0.15) is 67.7 Å². The van der Waals surface area contributed by atoms with Gasteiger partial charge in [-0.05, 0) is 85.4 Å². The van der Waals surface area contributed by atoms with Gasteiger partial charge in [-0.25, -0.2) is 4.98 Å². The summed E-state index contributed by atoms with van der Waals surface area (Å²) in [4.78, 5) is 17.0. The summed E-state index contributed by atoms with van der Waals surface area (Å²) in [5, 5.41) is 5.61. The predicted molar refractivity (Wildman–Crippen MR) is 133 cm³/mol. The number of fused-ring (bicyclic) bond motifs is 1. The average Bonchev–Trinajstić information content (AvgIpc) is 3.24. The molecule has 1 aliphatic carbocycles. The number of hydrogen-bond acceptors (Lipinski definition) is 4. The fraction of sp³-hybridized carbons (Fsp3) is 0.407. The molecule has 0 unspecified atom stereocenters. The lowest BCUT2D eigenvalue weighted by Crippen LogP contribution is -2.12. The number of aryl methyl sites for hydroxylation is 3. The van der Waals surface area contributed by atoms with Gasteiger partial charge in [-0.3, -0.25) is 4.79 Å². The van der Waals surface area contributed by atoms with Crippen molar-refractivity contribution in [1.82, 2.24) is 4.98 Å². The number of anilines is 1. The summed E-state index contributed by atoms with van der Waals surface area (Å²) in [6.07, 6.45) is 5.97. The maximum atomic E-state index is 12.3. The van der Waals surface area contributed by atoms with Gasteiger partial charge in [-0.2, -0.15) is 0 Å². The molecule has 32 heavy (non-hydrogen) atoms. The van der Waals surface area contributed by atoms with Crippen molar-refractivity contribution in [3.63, 3.8) is 0 Å². The number of hydrogen-bond donors (Lipinski definition) is 1. The van der Waals surface area contributed by atoms with Crippen molar-refractivity contribution in [2.24, 2.45) is 0 Å². The lowest BCUT2D eigenvalue weighted by atomic mass is 9.90. The van der Waals surface area contributed by atoms with E-state index in [1.165, 1.54) is 52.9 Å². The molecule has 1 amide bonds. The SMILES string of the molecule is Cc1cc(OCCCC(=O)Nc2nc(-c3ccc4c(c3)CCCC4)cs2)ccc1C(C)C. The number of thiazole rings is 1. The molecule has 0 saturated heterocycles. The number of nitrogens with one attached hydrogen (secondary N) is 1. The first kappa shape index (κ1) is 22.5. The second-order valence-electron chi connectivity index (χ2n) is 8.90. The van der Waals surface area contributed by atoms with E-state index in [4.69, 9.17) is 4.74 Å². The highest BCUT2D eigenvalue weighted by Gasteiger charge is 2.13. The molecular weight excluding hydrogens is 416 g/mol. The van der Waals surface area contributed by atoms with E-state index in [1.807, 2.05) is 11.4 Å². The van der Waals surface area contributed by atoms with Gasteiger partial charge in [0.05, 0.1) is 12.3 Å². The van der Waals surface area contributed by atoms with E-state index in [-0.39, 0.29) is 5.91 Å². The third-order valence-electron chi connectivity index (χ3n) is 6.07. The number of aromatic nitrogens is 1. The molecule has 3 aromatic rings. The second kappa shape index (κ2) is 10.3. The highest BCUT2D eigenvalue weighted by molar-refractivity contribution is 7.14. The van der Waals surface area contributed by atoms with Crippen molar-refractivity contribution in [3.8, 4) is 17.0 Å². The fourth-order valence-corrected chi connectivity index (χ4v) is 5.08. The minimum Gasteiger partial charge on any atom is -0.494 e. The highest BCUT2D eigenvalue weighted by atomic mass is 32.1. The van der Waals surface area contributed by atoms with Crippen LogP contribution < -0.4 is 10.1 Å². The first-order chi connectivity index (χ1) is 15.5. The van der Waals surface area contributed by atoms with E-state index >= 15 is 0 Å². The molecule has 0 fully saturated rings. The van der Waals surface area contributed by atoms with Crippen LogP contribution in [0.2, 0.25) is 0 Å². The summed E-state index contributed by atoms with van der Waals surface area (Å²) in [5.74, 6) is 1.35. The topological polar surface area (TPSA) is 51.2 Å². The first-order valence-corrected chi connectivity index (χ1v) is 12.5. The molecule has 2 aromatic carbocycles. The molecule has 168 valence electrons. The van der Waals surface area contributed by atoms with E-state index in [2.05, 4.69) is 61.4 Å². The Hall–Kier alpha value is -2.66. The minimum atomic E-state index is -0.0220. The number of carbonyl (C=O) groups excluding carboxylic acids is 1. The number of ether oxygens (including phenoxy) is 1. The Morgan fingerprint density at radius 3 is 2.72 bits per heavy atom. The zero-order valence-electron chi connectivity index (χ0n) is 19.2. The maximum Gasteiger partial charge on any atom is 0.226 e. The third-order valence-corrected chi connectivity index (χ3v) is 6.83. The standard InChI is InChI=1S/C27H32N2O2S/c1-18(2)24-13-12-23(15-19(24)3)31-14-6-9-26(30)29-27-28-25(17-32-27)22-11-10-20-7-4-5-8-21(20)16-22/h10-13,15-18H,4-9,14H2,1-3H3,(H,28,29,30). The minimum absolute atomic E-state index is 0.0220. The molecule has 4 nitrogen and oxygen atoms in total. The summed E-state index contributed by atoms with van der Waals surface area (Å²) in [6.45, 7) is 7.02. The number of nitrogens with zero attached hydrogens (tertiary/aromatic N) is 1. The Balaban J connectivity index is 1.25. The lowest BCUT2D eigenvalue weighted by Gasteiger charge is -2.16. The van der Waals surface area contributed by atoms with Crippen LogP contribution in [-0.2, 0) is 17.6 Å². The van der Waals surface area contributed by atoms with Crippen molar-refractivity contribution in [2.75, 3.05) is 11.9 Å². The zero-order chi connectivity index (χ0) is 22.5. The van der Waals surface area contributed by atoms with Gasteiger partial charge >= 0.3 is 0 Å². The third kappa shape index (κ3) is 5.57. The summed E-state index contributed by atoms with van der Waals surface area (Å²) >= 11 is 1.48. The summed E-state index contributed by atoms with van der Waals surface area (Å²) in [7, 11) is 0. The van der Waals surface area contributed by atoms with Crippen molar-refractivity contribution in [3.05, 3.63) is 64.0 Å². The van der Waals surface area contributed by atoms with Gasteiger partial charge in [-0.15, -0.1) is 11.3 Å². The van der Waals surface area contributed by atoms with Gasteiger partial charge in [0.1, 0.15) is 5.75 Å². The fourth-order valence-electron chi connectivity index (χ4n) is 4.35. The summed E-state index contributed by atoms with van der Waals surface area (Å²) < 4.78 is 5.84. The highest BCUT2D eigenvalue weighted by Crippen LogP contribution is 2.30. The number of carbonyl (C=O) groups is 1. The summed E-state index contributed by atoms with van der Waals surface area (Å²) in [5.41, 5.74) is 7.57. The molecule has 0 atom stereocenters. The van der Waals surface area contributed by atoms with Crippen LogP contribution in [-0.4, -0.2) is 17.5 Å². The van der Waals surface area contributed by atoms with Crippen molar-refractivity contribution < 1.29 is 9.53 Å². The molecule has 1 heterocycles. The Kier molecular flexibility index (Phi) is 7.26. The maximum absolute atomic E-state index is 12.3. The Labute approximate surface area is 195 Å². The van der Waals surface area contributed by atoms with E-state index < -0.39 is 0 Å². The predicted octanol–water partition coefficient (Wildman–Crippen LogP) is 6.92. The molecule has 0 saturated carbocycles. The van der Waals surface area contributed by atoms with E-state index in [1.54, 1.807) is 0 Å². The molecule has 1 aliphatic rings. The molecule has 0 bridgehead atoms. The van der Waals surface area contributed by atoms with Crippen LogP contribution >= 0.6 is 11.3 Å². The van der Waals surface area contributed by atoms with Gasteiger partial charge in [0.2, 0.25) is 5.91 Å². The molecular formula is C27H32N2O2S. The van der Waals surface area contributed by atoms with Crippen LogP contribution in [0.15, 0.2) is 41.8 Å². The lowest BCUT2D eigenvalue weighted by molar-refractivity contribution is -0.116. The van der Waals surface area contributed by atoms with Gasteiger partial charge < -0.3 is 10.1 Å². The molecule has 5 heteroatoms. The van der Waals surface area contributed by atoms with E-state index in [9.17, 15) is 4.79 Å². The van der Waals surface area contributed by atoms with E-state index in [0.717, 1.165) is 23.4 Å². The van der Waals surface area contributed by atoms with Crippen LogP contribution in [0.25, 0.3) is 11.3 Å². The Morgan fingerprint density at radius 2 is 1.94 bits per heavy atom. The van der Waals surface area contributed by atoms with Gasteiger partial charge in [-0.1, -0.05) is 32.0 Å². The molecule has 1 N–H and O–H groups in total.